The maximum Gasteiger partial charge on any atom is 0.189 e. The minimum atomic E-state index is 0.191. The molecule has 0 unspecified atom stereocenters. The second-order valence-corrected chi connectivity index (χ2v) is 7.99. The average molecular weight is 397 g/mol. The van der Waals surface area contributed by atoms with Gasteiger partial charge in [0, 0.05) is 34.1 Å². The number of H-pyrrole nitrogens is 1. The van der Waals surface area contributed by atoms with Crippen molar-refractivity contribution in [3.63, 3.8) is 0 Å². The highest BCUT2D eigenvalue weighted by Crippen LogP contribution is 2.50. The van der Waals surface area contributed by atoms with Crippen molar-refractivity contribution in [1.82, 2.24) is 26.5 Å². The first kappa shape index (κ1) is 17.3. The normalized spacial score (nSPS) is 17.2. The summed E-state index contributed by atoms with van der Waals surface area (Å²) in [6, 6.07) is 9.97. The minimum Gasteiger partial charge on any atom is -0.495 e. The Balaban J connectivity index is 1.61. The molecular weight excluding hydrogens is 376 g/mol. The number of hydrazine groups is 2. The molecule has 0 amide bonds. The van der Waals surface area contributed by atoms with Crippen LogP contribution in [-0.2, 0) is 11.8 Å². The van der Waals surface area contributed by atoms with Gasteiger partial charge in [0.2, 0.25) is 0 Å². The number of aromatic nitrogens is 2. The molecule has 0 spiro atoms. The molecule has 1 fully saturated rings. The Labute approximate surface area is 167 Å². The number of halogens is 1. The SMILES string of the molecule is COc1cc2c(Cc3cccc(C4=NNNN4)n3)c(C3(C)CC3)[nH]c2cc1Cl. The summed E-state index contributed by atoms with van der Waals surface area (Å²) in [6.45, 7) is 2.30. The number of benzene rings is 1. The third-order valence-electron chi connectivity index (χ3n) is 5.59. The highest BCUT2D eigenvalue weighted by atomic mass is 35.5. The van der Waals surface area contributed by atoms with Crippen LogP contribution in [0.2, 0.25) is 5.02 Å². The summed E-state index contributed by atoms with van der Waals surface area (Å²) >= 11 is 6.36. The van der Waals surface area contributed by atoms with Gasteiger partial charge in [-0.1, -0.05) is 24.6 Å². The van der Waals surface area contributed by atoms with Gasteiger partial charge in [-0.15, -0.1) is 10.6 Å². The lowest BCUT2D eigenvalue weighted by Gasteiger charge is -2.11. The van der Waals surface area contributed by atoms with E-state index in [0.29, 0.717) is 16.6 Å². The molecule has 2 aromatic heterocycles. The molecule has 2 aliphatic rings. The predicted octanol–water partition coefficient (Wildman–Crippen LogP) is 3.14. The average Bonchev–Trinajstić information content (AvgIpc) is 3.10. The van der Waals surface area contributed by atoms with Crippen molar-refractivity contribution in [1.29, 1.82) is 0 Å². The van der Waals surface area contributed by atoms with Crippen LogP contribution >= 0.6 is 11.6 Å². The molecule has 0 radical (unpaired) electrons. The fourth-order valence-corrected chi connectivity index (χ4v) is 4.00. The molecule has 1 saturated carbocycles. The lowest BCUT2D eigenvalue weighted by Crippen LogP contribution is -2.35. The number of pyridine rings is 1. The second kappa shape index (κ2) is 6.39. The molecule has 7 nitrogen and oxygen atoms in total. The van der Waals surface area contributed by atoms with Crippen molar-refractivity contribution in [3.05, 3.63) is 58.0 Å². The molecule has 1 aliphatic heterocycles. The number of hydrogen-bond donors (Lipinski definition) is 4. The second-order valence-electron chi connectivity index (χ2n) is 7.58. The van der Waals surface area contributed by atoms with Crippen LogP contribution in [-0.4, -0.2) is 22.9 Å². The van der Waals surface area contributed by atoms with E-state index in [-0.39, 0.29) is 5.41 Å². The number of fused-ring (bicyclic) bond motifs is 1. The van der Waals surface area contributed by atoms with Crippen molar-refractivity contribution >= 4 is 28.3 Å². The number of rotatable bonds is 5. The lowest BCUT2D eigenvalue weighted by molar-refractivity contribution is 0.415. The zero-order chi connectivity index (χ0) is 19.3. The number of hydrogen-bond acceptors (Lipinski definition) is 6. The van der Waals surface area contributed by atoms with Gasteiger partial charge in [0.25, 0.3) is 0 Å². The largest absolute Gasteiger partial charge is 0.495 e. The van der Waals surface area contributed by atoms with Gasteiger partial charge >= 0.3 is 0 Å². The topological polar surface area (TPSA) is 86.4 Å². The van der Waals surface area contributed by atoms with Gasteiger partial charge in [-0.2, -0.15) is 0 Å². The van der Waals surface area contributed by atoms with Gasteiger partial charge in [0.1, 0.15) is 11.4 Å². The molecule has 0 bridgehead atoms. The zero-order valence-corrected chi connectivity index (χ0v) is 16.4. The molecule has 5 rings (SSSR count). The summed E-state index contributed by atoms with van der Waals surface area (Å²) in [6.07, 6.45) is 3.09. The standard InChI is InChI=1S/C20H21ClN6O/c1-20(6-7-20)18-13(12-9-17(28-2)14(21)10-16(12)23-18)8-11-4-3-5-15(22-11)19-24-26-27-25-19/h3-5,9-10,23,26-27H,6-8H2,1-2H3,(H,24,25). The Hall–Kier alpha value is -2.77. The highest BCUT2D eigenvalue weighted by Gasteiger charge is 2.42. The Morgan fingerprint density at radius 1 is 1.25 bits per heavy atom. The van der Waals surface area contributed by atoms with E-state index >= 15 is 0 Å². The molecule has 8 heteroatoms. The fraction of sp³-hybridized carbons (Fsp3) is 0.300. The number of ether oxygens (including phenoxy) is 1. The van der Waals surface area contributed by atoms with Crippen molar-refractivity contribution in [2.24, 2.45) is 5.10 Å². The van der Waals surface area contributed by atoms with Gasteiger partial charge in [0.15, 0.2) is 5.84 Å². The molecular formula is C20H21ClN6O. The number of methoxy groups -OCH3 is 1. The minimum absolute atomic E-state index is 0.191. The summed E-state index contributed by atoms with van der Waals surface area (Å²) < 4.78 is 5.46. The van der Waals surface area contributed by atoms with Gasteiger partial charge < -0.3 is 9.72 Å². The van der Waals surface area contributed by atoms with E-state index in [1.165, 1.54) is 24.1 Å². The molecule has 3 heterocycles. The Kier molecular flexibility index (Phi) is 3.96. The Bertz CT molecular complexity index is 1100. The van der Waals surface area contributed by atoms with Gasteiger partial charge in [-0.25, -0.2) is 10.5 Å². The van der Waals surface area contributed by atoms with Crippen molar-refractivity contribution < 1.29 is 4.74 Å². The summed E-state index contributed by atoms with van der Waals surface area (Å²) in [5.41, 5.74) is 13.9. The Morgan fingerprint density at radius 2 is 2.11 bits per heavy atom. The number of hydrazone groups is 1. The monoisotopic (exact) mass is 396 g/mol. The number of nitrogens with zero attached hydrogens (tertiary/aromatic N) is 2. The first-order valence-corrected chi connectivity index (χ1v) is 9.64. The van der Waals surface area contributed by atoms with Crippen molar-refractivity contribution in [3.8, 4) is 5.75 Å². The fourth-order valence-electron chi connectivity index (χ4n) is 3.76. The lowest BCUT2D eigenvalue weighted by atomic mass is 9.96. The van der Waals surface area contributed by atoms with Crippen LogP contribution in [0.15, 0.2) is 35.4 Å². The maximum atomic E-state index is 6.36. The third kappa shape index (κ3) is 2.87. The molecule has 0 saturated heterocycles. The van der Waals surface area contributed by atoms with E-state index in [1.54, 1.807) is 7.11 Å². The summed E-state index contributed by atoms with van der Waals surface area (Å²) in [5, 5.41) is 5.88. The molecule has 28 heavy (non-hydrogen) atoms. The quantitative estimate of drug-likeness (QED) is 0.532. The summed E-state index contributed by atoms with van der Waals surface area (Å²) in [4.78, 5) is 8.42. The third-order valence-corrected chi connectivity index (χ3v) is 5.89. The van der Waals surface area contributed by atoms with Crippen LogP contribution in [0.1, 0.15) is 42.4 Å². The number of nitrogens with one attached hydrogen (secondary N) is 4. The molecule has 4 N–H and O–H groups in total. The van der Waals surface area contributed by atoms with Gasteiger partial charge in [0.05, 0.1) is 12.1 Å². The molecule has 1 aliphatic carbocycles. The van der Waals surface area contributed by atoms with Crippen LogP contribution in [0.4, 0.5) is 0 Å². The van der Waals surface area contributed by atoms with E-state index in [9.17, 15) is 0 Å². The van der Waals surface area contributed by atoms with E-state index in [0.717, 1.165) is 28.7 Å². The van der Waals surface area contributed by atoms with Gasteiger partial charge in [-0.3, -0.25) is 5.43 Å². The van der Waals surface area contributed by atoms with Crippen LogP contribution in [0.25, 0.3) is 10.9 Å². The van der Waals surface area contributed by atoms with E-state index in [2.05, 4.69) is 33.5 Å². The zero-order valence-electron chi connectivity index (χ0n) is 15.7. The predicted molar refractivity (Wildman–Crippen MR) is 109 cm³/mol. The van der Waals surface area contributed by atoms with Crippen LogP contribution in [0.3, 0.4) is 0 Å². The van der Waals surface area contributed by atoms with Crippen LogP contribution < -0.4 is 21.2 Å². The molecule has 144 valence electrons. The smallest absolute Gasteiger partial charge is 0.189 e. The summed E-state index contributed by atoms with van der Waals surface area (Å²) in [7, 11) is 1.64. The molecule has 3 aromatic rings. The summed E-state index contributed by atoms with van der Waals surface area (Å²) in [5.74, 6) is 1.36. The van der Waals surface area contributed by atoms with Crippen LogP contribution in [0, 0.1) is 0 Å². The van der Waals surface area contributed by atoms with E-state index in [4.69, 9.17) is 21.3 Å². The van der Waals surface area contributed by atoms with Gasteiger partial charge in [-0.05, 0) is 42.7 Å². The first-order chi connectivity index (χ1) is 13.6. The van der Waals surface area contributed by atoms with Crippen molar-refractivity contribution in [2.75, 3.05) is 7.11 Å². The van der Waals surface area contributed by atoms with Crippen molar-refractivity contribution in [2.45, 2.75) is 31.6 Å². The first-order valence-electron chi connectivity index (χ1n) is 9.26. The number of aromatic amines is 1. The van der Waals surface area contributed by atoms with E-state index in [1.807, 2.05) is 30.3 Å². The molecule has 0 atom stereocenters. The Morgan fingerprint density at radius 3 is 2.82 bits per heavy atom. The van der Waals surface area contributed by atoms with Crippen LogP contribution in [0.5, 0.6) is 5.75 Å². The molecule has 1 aromatic carbocycles. The van der Waals surface area contributed by atoms with E-state index < -0.39 is 0 Å². The maximum absolute atomic E-state index is 6.36. The number of amidine groups is 1. The highest BCUT2D eigenvalue weighted by molar-refractivity contribution is 6.32.